The van der Waals surface area contributed by atoms with Gasteiger partial charge in [-0.3, -0.25) is 0 Å². The summed E-state index contributed by atoms with van der Waals surface area (Å²) >= 11 is 0. The minimum Gasteiger partial charge on any atom is -0.332 e. The maximum atomic E-state index is 2.12. The molecule has 0 saturated carbocycles. The van der Waals surface area contributed by atoms with Crippen LogP contribution in [0.25, 0.3) is 0 Å². The minimum absolute atomic E-state index is 0. The Morgan fingerprint density at radius 3 is 1.00 bits per heavy atom. The van der Waals surface area contributed by atoms with E-state index in [9.17, 15) is 0 Å². The van der Waals surface area contributed by atoms with Crippen molar-refractivity contribution in [2.24, 2.45) is 0 Å². The maximum absolute atomic E-state index is 2.12. The molecule has 0 saturated heterocycles. The van der Waals surface area contributed by atoms with E-state index >= 15 is 0 Å². The van der Waals surface area contributed by atoms with Gasteiger partial charge in [-0.2, -0.15) is 26.7 Å². The van der Waals surface area contributed by atoms with Gasteiger partial charge in [0.05, 0.1) is 0 Å². The summed E-state index contributed by atoms with van der Waals surface area (Å²) < 4.78 is 0. The summed E-state index contributed by atoms with van der Waals surface area (Å²) in [6.07, 6.45) is 6.64. The molecule has 0 unspecified atom stereocenters. The van der Waals surface area contributed by atoms with E-state index in [0.29, 0.717) is 0 Å². The van der Waals surface area contributed by atoms with Crippen molar-refractivity contribution in [1.82, 2.24) is 0 Å². The van der Waals surface area contributed by atoms with Crippen molar-refractivity contribution in [2.45, 2.75) is 40.5 Å². The van der Waals surface area contributed by atoms with E-state index in [4.69, 9.17) is 0 Å². The van der Waals surface area contributed by atoms with Crippen LogP contribution in [-0.4, -0.2) is 0 Å². The first-order valence-electron chi connectivity index (χ1n) is 3.39. The molecule has 0 aliphatic rings. The van der Waals surface area contributed by atoms with Crippen molar-refractivity contribution in [3.63, 3.8) is 0 Å². The first kappa shape index (κ1) is 16.5. The van der Waals surface area contributed by atoms with Crippen LogP contribution in [0.15, 0.2) is 0 Å². The second-order valence-corrected chi connectivity index (χ2v) is 1.63. The van der Waals surface area contributed by atoms with Crippen molar-refractivity contribution in [2.75, 3.05) is 0 Å². The van der Waals surface area contributed by atoms with Crippen molar-refractivity contribution in [3.8, 4) is 0 Å². The van der Waals surface area contributed by atoms with Crippen LogP contribution in [0, 0.1) is 12.8 Å². The van der Waals surface area contributed by atoms with Gasteiger partial charge >= 0.3 is 27.3 Å². The predicted molar refractivity (Wildman–Crippen MR) is 40.5 cm³/mol. The summed E-state index contributed by atoms with van der Waals surface area (Å²) in [7, 11) is 0. The molecule has 0 nitrogen and oxygen atoms in total. The van der Waals surface area contributed by atoms with Crippen molar-refractivity contribution in [1.29, 1.82) is 0 Å². The molecule has 0 atom stereocenters. The van der Waals surface area contributed by atoms with E-state index in [0.717, 1.165) is 0 Å². The zero-order valence-electron chi connectivity index (χ0n) is 7.28. The molecule has 52 valence electrons. The van der Waals surface area contributed by atoms with Crippen LogP contribution < -0.4 is 0 Å². The normalized spacial score (nSPS) is 6.67. The Bertz CT molecular complexity index is 12.5. The van der Waals surface area contributed by atoms with Gasteiger partial charge in [-0.25, -0.2) is 0 Å². The van der Waals surface area contributed by atoms with Gasteiger partial charge in [0.1, 0.15) is 0 Å². The van der Waals surface area contributed by atoms with Gasteiger partial charge in [0.25, 0.3) is 0 Å². The standard InChI is InChI=1S/2C4H9.Cd/c2*1-3-4-2;/h2*3H,4H2,1-2H3;/q2*-1;+2. The molecule has 0 N–H and O–H groups in total. The van der Waals surface area contributed by atoms with E-state index in [1.165, 1.54) is 12.8 Å². The number of unbranched alkanes of at least 4 members (excludes halogenated alkanes) is 2. The third kappa shape index (κ3) is 50.1. The fourth-order valence-electron chi connectivity index (χ4n) is 0. The Morgan fingerprint density at radius 1 is 0.889 bits per heavy atom. The van der Waals surface area contributed by atoms with Crippen LogP contribution in [0.1, 0.15) is 40.5 Å². The molecule has 0 aliphatic heterocycles. The van der Waals surface area contributed by atoms with E-state index < -0.39 is 0 Å². The summed E-state index contributed by atoms with van der Waals surface area (Å²) in [5, 5.41) is 0. The molecule has 0 bridgehead atoms. The van der Waals surface area contributed by atoms with Gasteiger partial charge in [-0.05, 0) is 0 Å². The maximum Gasteiger partial charge on any atom is 2.00 e. The fraction of sp³-hybridized carbons (Fsp3) is 0.750. The van der Waals surface area contributed by atoms with Gasteiger partial charge in [-0.1, -0.05) is 13.8 Å². The number of rotatable bonds is 2. The predicted octanol–water partition coefficient (Wildman–Crippen LogP) is 3.24. The smallest absolute Gasteiger partial charge is 0.332 e. The summed E-state index contributed by atoms with van der Waals surface area (Å²) in [5.41, 5.74) is 0. The van der Waals surface area contributed by atoms with Crippen molar-refractivity contribution < 1.29 is 27.3 Å². The second-order valence-electron chi connectivity index (χ2n) is 1.63. The quantitative estimate of drug-likeness (QED) is 0.501. The molecule has 0 aromatic rings. The van der Waals surface area contributed by atoms with Crippen LogP contribution in [0.4, 0.5) is 0 Å². The topological polar surface area (TPSA) is 0 Å². The molecule has 0 aromatic heterocycles. The van der Waals surface area contributed by atoms with Gasteiger partial charge in [0.15, 0.2) is 0 Å². The van der Waals surface area contributed by atoms with Gasteiger partial charge in [0, 0.05) is 0 Å². The van der Waals surface area contributed by atoms with E-state index in [2.05, 4.69) is 40.5 Å². The molecular weight excluding hydrogens is 208 g/mol. The molecule has 0 spiro atoms. The Hall–Kier alpha value is 0.922. The summed E-state index contributed by atoms with van der Waals surface area (Å²) in [4.78, 5) is 0. The van der Waals surface area contributed by atoms with Crippen LogP contribution in [0.3, 0.4) is 0 Å². The van der Waals surface area contributed by atoms with Gasteiger partial charge in [-0.15, -0.1) is 0 Å². The Balaban J connectivity index is -0.0000000720. The monoisotopic (exact) mass is 228 g/mol. The zero-order valence-corrected chi connectivity index (χ0v) is 11.3. The minimum atomic E-state index is 0. The third-order valence-corrected chi connectivity index (χ3v) is 0.816. The van der Waals surface area contributed by atoms with Crippen molar-refractivity contribution in [3.05, 3.63) is 12.8 Å². The van der Waals surface area contributed by atoms with E-state index in [-0.39, 0.29) is 27.3 Å². The summed E-state index contributed by atoms with van der Waals surface area (Å²) in [5.74, 6) is 0. The van der Waals surface area contributed by atoms with Gasteiger partial charge in [0.2, 0.25) is 0 Å². The first-order chi connectivity index (χ1) is 3.83. The average molecular weight is 227 g/mol. The largest absolute Gasteiger partial charge is 2.00 e. The summed E-state index contributed by atoms with van der Waals surface area (Å²) in [6, 6.07) is 0. The molecule has 0 aliphatic carbocycles. The number of hydrogen-bond donors (Lipinski definition) is 0. The first-order valence-corrected chi connectivity index (χ1v) is 3.39. The molecule has 0 heterocycles. The molecule has 0 aromatic carbocycles. The molecule has 1 heteroatoms. The molecular formula is C8H18Cd. The molecule has 0 rings (SSSR count). The number of hydrogen-bond acceptors (Lipinski definition) is 0. The molecule has 0 amide bonds. The zero-order chi connectivity index (χ0) is 6.83. The Labute approximate surface area is 80.6 Å². The molecule has 0 radical (unpaired) electrons. The Morgan fingerprint density at radius 2 is 1.00 bits per heavy atom. The SMILES string of the molecule is C[CH-]CC.C[CH-]CC.[Cd+2]. The van der Waals surface area contributed by atoms with E-state index in [1.807, 2.05) is 0 Å². The molecule has 9 heavy (non-hydrogen) atoms. The van der Waals surface area contributed by atoms with Crippen LogP contribution in [-0.2, 0) is 27.3 Å². The average Bonchev–Trinajstić information content (AvgIpc) is 1.88. The van der Waals surface area contributed by atoms with Crippen LogP contribution in [0.5, 0.6) is 0 Å². The summed E-state index contributed by atoms with van der Waals surface area (Å²) in [6.45, 7) is 8.36. The van der Waals surface area contributed by atoms with Gasteiger partial charge < -0.3 is 12.8 Å². The second kappa shape index (κ2) is 23.1. The van der Waals surface area contributed by atoms with Crippen LogP contribution in [0.2, 0.25) is 0 Å². The van der Waals surface area contributed by atoms with E-state index in [1.54, 1.807) is 0 Å². The van der Waals surface area contributed by atoms with Crippen molar-refractivity contribution >= 4 is 0 Å². The molecule has 0 fully saturated rings. The van der Waals surface area contributed by atoms with Crippen LogP contribution >= 0.6 is 0 Å². The third-order valence-electron chi connectivity index (χ3n) is 0.816. The Kier molecular flexibility index (Phi) is 42.3. The fourth-order valence-corrected chi connectivity index (χ4v) is 0.